The highest BCUT2D eigenvalue weighted by atomic mass is 35.5. The quantitative estimate of drug-likeness (QED) is 0.845. The normalized spacial score (nSPS) is 9.95. The van der Waals surface area contributed by atoms with Crippen molar-refractivity contribution in [2.45, 2.75) is 0 Å². The van der Waals surface area contributed by atoms with Gasteiger partial charge < -0.3 is 15.2 Å². The zero-order valence-corrected chi connectivity index (χ0v) is 10.7. The van der Waals surface area contributed by atoms with E-state index < -0.39 is 0 Å². The molecule has 0 radical (unpaired) electrons. The van der Waals surface area contributed by atoms with Gasteiger partial charge in [0.05, 0.1) is 5.69 Å². The number of para-hydroxylation sites is 1. The summed E-state index contributed by atoms with van der Waals surface area (Å²) in [5.41, 5.74) is 0.258. The van der Waals surface area contributed by atoms with Crippen molar-refractivity contribution in [1.82, 2.24) is 0 Å². The van der Waals surface area contributed by atoms with E-state index in [4.69, 9.17) is 16.3 Å². The average Bonchev–Trinajstić information content (AvgIpc) is 2.42. The van der Waals surface area contributed by atoms with Gasteiger partial charge in [-0.2, -0.15) is 0 Å². The average molecular weight is 278 g/mol. The van der Waals surface area contributed by atoms with Crippen LogP contribution in [0.15, 0.2) is 48.5 Å². The van der Waals surface area contributed by atoms with Crippen molar-refractivity contribution >= 4 is 23.2 Å². The van der Waals surface area contributed by atoms with Crippen molar-refractivity contribution in [2.24, 2.45) is 0 Å². The second-order valence-electron chi connectivity index (χ2n) is 3.81. The summed E-state index contributed by atoms with van der Waals surface area (Å²) in [7, 11) is 0. The van der Waals surface area contributed by atoms with Gasteiger partial charge in [-0.15, -0.1) is 0 Å². The Kier molecular flexibility index (Phi) is 4.26. The number of nitrogens with one attached hydrogen (secondary N) is 1. The summed E-state index contributed by atoms with van der Waals surface area (Å²) in [4.78, 5) is 11.7. The van der Waals surface area contributed by atoms with Crippen LogP contribution in [0.1, 0.15) is 0 Å². The van der Waals surface area contributed by atoms with E-state index >= 15 is 0 Å². The number of hydrogen-bond acceptors (Lipinski definition) is 3. The summed E-state index contributed by atoms with van der Waals surface area (Å²) in [5, 5.41) is 12.5. The van der Waals surface area contributed by atoms with Crippen LogP contribution >= 0.6 is 11.6 Å². The summed E-state index contributed by atoms with van der Waals surface area (Å²) < 4.78 is 5.28. The van der Waals surface area contributed by atoms with E-state index in [-0.39, 0.29) is 24.0 Å². The molecule has 0 spiro atoms. The number of hydrogen-bond donors (Lipinski definition) is 2. The van der Waals surface area contributed by atoms with Gasteiger partial charge >= 0.3 is 0 Å². The number of carbonyl (C=O) groups is 1. The molecule has 5 heteroatoms. The Balaban J connectivity index is 1.93. The predicted octanol–water partition coefficient (Wildman–Crippen LogP) is 3.06. The van der Waals surface area contributed by atoms with Crippen LogP contribution < -0.4 is 10.1 Å². The summed E-state index contributed by atoms with van der Waals surface area (Å²) in [5.74, 6) is 0.187. The number of halogens is 1. The Labute approximate surface area is 115 Å². The van der Waals surface area contributed by atoms with Crippen molar-refractivity contribution in [3.63, 3.8) is 0 Å². The van der Waals surface area contributed by atoms with Crippen LogP contribution in [0, 0.1) is 0 Å². The molecule has 0 fully saturated rings. The fraction of sp³-hybridized carbons (Fsp3) is 0.0714. The number of carbonyl (C=O) groups excluding carboxylic acids is 1. The third kappa shape index (κ3) is 3.89. The lowest BCUT2D eigenvalue weighted by atomic mass is 10.3. The molecule has 1 amide bonds. The highest BCUT2D eigenvalue weighted by Crippen LogP contribution is 2.26. The number of phenolic OH excluding ortho intramolecular Hbond substituents is 1. The topological polar surface area (TPSA) is 58.6 Å². The number of anilines is 1. The lowest BCUT2D eigenvalue weighted by Gasteiger charge is -2.09. The second-order valence-corrected chi connectivity index (χ2v) is 4.25. The molecule has 98 valence electrons. The van der Waals surface area contributed by atoms with Crippen LogP contribution in [0.3, 0.4) is 0 Å². The molecule has 0 aromatic heterocycles. The van der Waals surface area contributed by atoms with Gasteiger partial charge in [0.25, 0.3) is 5.91 Å². The molecule has 0 saturated heterocycles. The van der Waals surface area contributed by atoms with Crippen LogP contribution in [0.25, 0.3) is 0 Å². The number of aromatic hydroxyl groups is 1. The molecule has 0 aliphatic heterocycles. The molecule has 2 aromatic rings. The van der Waals surface area contributed by atoms with E-state index in [0.29, 0.717) is 10.8 Å². The summed E-state index contributed by atoms with van der Waals surface area (Å²) in [6.07, 6.45) is 0. The first kappa shape index (κ1) is 13.2. The van der Waals surface area contributed by atoms with Crippen LogP contribution in [0.5, 0.6) is 11.5 Å². The Bertz CT molecular complexity index is 572. The Hall–Kier alpha value is -2.20. The first-order chi connectivity index (χ1) is 9.15. The van der Waals surface area contributed by atoms with Gasteiger partial charge in [-0.3, -0.25) is 4.79 Å². The van der Waals surface area contributed by atoms with Crippen molar-refractivity contribution in [1.29, 1.82) is 0 Å². The van der Waals surface area contributed by atoms with E-state index in [1.165, 1.54) is 18.2 Å². The summed E-state index contributed by atoms with van der Waals surface area (Å²) in [6, 6.07) is 13.4. The van der Waals surface area contributed by atoms with Crippen LogP contribution in [0.2, 0.25) is 5.02 Å². The van der Waals surface area contributed by atoms with Crippen molar-refractivity contribution < 1.29 is 14.6 Å². The highest BCUT2D eigenvalue weighted by molar-refractivity contribution is 6.31. The third-order valence-electron chi connectivity index (χ3n) is 2.35. The SMILES string of the molecule is O=C(COc1ccccc1)Nc1cc(Cl)ccc1O. The summed E-state index contributed by atoms with van der Waals surface area (Å²) >= 11 is 5.78. The number of rotatable bonds is 4. The molecule has 0 aliphatic rings. The molecule has 2 N–H and O–H groups in total. The molecule has 0 bridgehead atoms. The molecular weight excluding hydrogens is 266 g/mol. The number of ether oxygens (including phenoxy) is 1. The standard InChI is InChI=1S/C14H12ClNO3/c15-10-6-7-13(17)12(8-10)16-14(18)9-19-11-4-2-1-3-5-11/h1-8,17H,9H2,(H,16,18). The van der Waals surface area contributed by atoms with Gasteiger partial charge in [-0.1, -0.05) is 29.8 Å². The first-order valence-electron chi connectivity index (χ1n) is 5.61. The summed E-state index contributed by atoms with van der Waals surface area (Å²) in [6.45, 7) is -0.143. The number of phenols is 1. The van der Waals surface area contributed by atoms with E-state index in [1.54, 1.807) is 12.1 Å². The molecule has 2 rings (SSSR count). The molecule has 0 saturated carbocycles. The molecule has 0 aliphatic carbocycles. The Morgan fingerprint density at radius 3 is 2.68 bits per heavy atom. The van der Waals surface area contributed by atoms with Crippen LogP contribution in [-0.4, -0.2) is 17.6 Å². The minimum Gasteiger partial charge on any atom is -0.506 e. The largest absolute Gasteiger partial charge is 0.506 e. The van der Waals surface area contributed by atoms with Crippen molar-refractivity contribution in [3.8, 4) is 11.5 Å². The second kappa shape index (κ2) is 6.11. The maximum Gasteiger partial charge on any atom is 0.262 e. The predicted molar refractivity (Wildman–Crippen MR) is 73.7 cm³/mol. The zero-order valence-electron chi connectivity index (χ0n) is 9.97. The van der Waals surface area contributed by atoms with E-state index in [1.807, 2.05) is 18.2 Å². The van der Waals surface area contributed by atoms with E-state index in [9.17, 15) is 9.90 Å². The lowest BCUT2D eigenvalue weighted by molar-refractivity contribution is -0.118. The lowest BCUT2D eigenvalue weighted by Crippen LogP contribution is -2.20. The van der Waals surface area contributed by atoms with Gasteiger partial charge in [0.2, 0.25) is 0 Å². The Morgan fingerprint density at radius 2 is 1.95 bits per heavy atom. The minimum atomic E-state index is -0.374. The minimum absolute atomic E-state index is 0.0440. The van der Waals surface area contributed by atoms with Gasteiger partial charge in [0.1, 0.15) is 11.5 Å². The molecule has 4 nitrogen and oxygen atoms in total. The fourth-order valence-electron chi connectivity index (χ4n) is 1.46. The maximum atomic E-state index is 11.7. The molecular formula is C14H12ClNO3. The molecule has 0 atom stereocenters. The van der Waals surface area contributed by atoms with Gasteiger partial charge in [-0.05, 0) is 30.3 Å². The molecule has 2 aromatic carbocycles. The smallest absolute Gasteiger partial charge is 0.262 e. The number of amides is 1. The van der Waals surface area contributed by atoms with Crippen LogP contribution in [0.4, 0.5) is 5.69 Å². The monoisotopic (exact) mass is 277 g/mol. The van der Waals surface area contributed by atoms with E-state index in [0.717, 1.165) is 0 Å². The third-order valence-corrected chi connectivity index (χ3v) is 2.58. The van der Waals surface area contributed by atoms with E-state index in [2.05, 4.69) is 5.32 Å². The van der Waals surface area contributed by atoms with Crippen LogP contribution in [-0.2, 0) is 4.79 Å². The van der Waals surface area contributed by atoms with Crippen molar-refractivity contribution in [3.05, 3.63) is 53.6 Å². The zero-order chi connectivity index (χ0) is 13.7. The first-order valence-corrected chi connectivity index (χ1v) is 5.99. The van der Waals surface area contributed by atoms with Crippen molar-refractivity contribution in [2.75, 3.05) is 11.9 Å². The highest BCUT2D eigenvalue weighted by Gasteiger charge is 2.07. The van der Waals surface area contributed by atoms with Gasteiger partial charge in [0, 0.05) is 5.02 Å². The Morgan fingerprint density at radius 1 is 1.21 bits per heavy atom. The van der Waals surface area contributed by atoms with Gasteiger partial charge in [0.15, 0.2) is 6.61 Å². The molecule has 0 heterocycles. The number of benzene rings is 2. The fourth-order valence-corrected chi connectivity index (χ4v) is 1.63. The molecule has 0 unspecified atom stereocenters. The van der Waals surface area contributed by atoms with Gasteiger partial charge in [-0.25, -0.2) is 0 Å². The molecule has 19 heavy (non-hydrogen) atoms. The maximum absolute atomic E-state index is 11.7.